The molecule has 0 amide bonds. The predicted octanol–water partition coefficient (Wildman–Crippen LogP) is 10.0. The summed E-state index contributed by atoms with van der Waals surface area (Å²) in [4.78, 5) is 0. The normalized spacial score (nSPS) is 13.2. The number of fused-ring (bicyclic) bond motifs is 8. The van der Waals surface area contributed by atoms with E-state index in [0.29, 0.717) is 23.0 Å². The Morgan fingerprint density at radius 1 is 0.383 bits per heavy atom. The summed E-state index contributed by atoms with van der Waals surface area (Å²) in [6, 6.07) is 42.0. The van der Waals surface area contributed by atoms with Gasteiger partial charge in [-0.05, 0) is 120 Å². The Hall–Kier alpha value is -6.53. The first-order valence-electron chi connectivity index (χ1n) is 21.4. The molecular formula is C52H44B2O6. The van der Waals surface area contributed by atoms with Crippen molar-refractivity contribution in [3.8, 4) is 69.0 Å². The zero-order valence-electron chi connectivity index (χ0n) is 34.4. The minimum Gasteiger partial charge on any atom is -0.458 e. The van der Waals surface area contributed by atoms with Gasteiger partial charge in [-0.3, -0.25) is 0 Å². The van der Waals surface area contributed by atoms with E-state index >= 15 is 0 Å². The van der Waals surface area contributed by atoms with Crippen molar-refractivity contribution in [1.82, 2.24) is 0 Å². The summed E-state index contributed by atoms with van der Waals surface area (Å²) in [5.74, 6) is 8.83. The second-order valence-corrected chi connectivity index (χ2v) is 16.7. The van der Waals surface area contributed by atoms with Crippen molar-refractivity contribution in [2.24, 2.45) is 0 Å². The second-order valence-electron chi connectivity index (χ2n) is 16.7. The van der Waals surface area contributed by atoms with E-state index in [-0.39, 0.29) is 13.4 Å². The van der Waals surface area contributed by atoms with Crippen molar-refractivity contribution in [2.75, 3.05) is 0 Å². The van der Waals surface area contributed by atoms with Gasteiger partial charge < -0.3 is 28.4 Å². The van der Waals surface area contributed by atoms with Crippen molar-refractivity contribution in [2.45, 2.75) is 66.2 Å². The van der Waals surface area contributed by atoms with Crippen LogP contribution in [0.1, 0.15) is 61.8 Å². The summed E-state index contributed by atoms with van der Waals surface area (Å²) in [5, 5.41) is 0. The molecule has 7 aromatic rings. The minimum absolute atomic E-state index is 0.136. The molecule has 4 heterocycles. The van der Waals surface area contributed by atoms with Crippen molar-refractivity contribution in [1.29, 1.82) is 0 Å². The molecule has 0 N–H and O–H groups in total. The van der Waals surface area contributed by atoms with Crippen molar-refractivity contribution in [3.05, 3.63) is 144 Å². The molecule has 294 valence electrons. The molecule has 6 nitrogen and oxygen atoms in total. The fraction of sp³-hybridized carbons (Fsp3) is 0.192. The van der Waals surface area contributed by atoms with Gasteiger partial charge in [0.15, 0.2) is 0 Å². The number of benzene rings is 7. The van der Waals surface area contributed by atoms with E-state index in [1.54, 1.807) is 0 Å². The number of unbranched alkanes of at least 4 members (excludes halogenated alkanes) is 2. The lowest BCUT2D eigenvalue weighted by Gasteiger charge is -2.36. The van der Waals surface area contributed by atoms with Crippen molar-refractivity contribution < 1.29 is 28.4 Å². The van der Waals surface area contributed by atoms with Gasteiger partial charge in [0, 0.05) is 41.3 Å². The lowest BCUT2D eigenvalue weighted by molar-refractivity contribution is 0.435. The van der Waals surface area contributed by atoms with Gasteiger partial charge in [0.25, 0.3) is 13.4 Å². The van der Waals surface area contributed by atoms with E-state index in [1.165, 1.54) is 36.8 Å². The second kappa shape index (κ2) is 14.6. The molecule has 0 saturated carbocycles. The average Bonchev–Trinajstić information content (AvgIpc) is 3.24. The van der Waals surface area contributed by atoms with Crippen LogP contribution in [0.3, 0.4) is 0 Å². The molecule has 0 spiro atoms. The summed E-state index contributed by atoms with van der Waals surface area (Å²) in [6.45, 7) is 8.36. The Balaban J connectivity index is 1.01. The third-order valence-corrected chi connectivity index (χ3v) is 12.3. The lowest BCUT2D eigenvalue weighted by atomic mass is 9.31. The van der Waals surface area contributed by atoms with E-state index in [2.05, 4.69) is 100 Å². The highest BCUT2D eigenvalue weighted by molar-refractivity contribution is 7.01. The topological polar surface area (TPSA) is 55.4 Å². The van der Waals surface area contributed by atoms with E-state index in [0.717, 1.165) is 103 Å². The Kier molecular flexibility index (Phi) is 8.91. The van der Waals surface area contributed by atoms with Gasteiger partial charge in [-0.25, -0.2) is 0 Å². The van der Waals surface area contributed by atoms with E-state index < -0.39 is 0 Å². The zero-order valence-corrected chi connectivity index (χ0v) is 34.4. The Labute approximate surface area is 352 Å². The first-order chi connectivity index (χ1) is 29.4. The van der Waals surface area contributed by atoms with E-state index in [1.807, 2.05) is 48.5 Å². The molecule has 4 aliphatic heterocycles. The fourth-order valence-corrected chi connectivity index (χ4v) is 9.25. The maximum absolute atomic E-state index is 6.90. The molecule has 0 aromatic heterocycles. The van der Waals surface area contributed by atoms with Crippen LogP contribution < -0.4 is 61.2 Å². The standard InChI is InChI=1S/C52H44B2O6/c1-5-7-9-33-13-17-35(18-14-33)55-37-25-47-51-49(27-37)59-45-30-46-42(29-41(45)53(51)39-21-11-31(3)23-43(39)57-47)54-40-22-12-32(4)24-44(40)58-48-26-38(28-50(60-46)52(48)54)56-36-19-15-34(16-20-36)10-8-6-2/h11-30H,5-10H2,1-4H3. The van der Waals surface area contributed by atoms with Crippen LogP contribution in [0.15, 0.2) is 121 Å². The SMILES string of the molecule is CCCCc1ccc(Oc2cc3c4c(c2)Oc2cc5c(cc2B4c2ccc(C)cc2O3)B2c3ccc(C)cc3Oc3cc(Oc4ccc(CCCC)cc4)cc(c32)O5)cc1. The van der Waals surface area contributed by atoms with Crippen LogP contribution in [0, 0.1) is 13.8 Å². The predicted molar refractivity (Wildman–Crippen MR) is 242 cm³/mol. The minimum atomic E-state index is -0.136. The van der Waals surface area contributed by atoms with Gasteiger partial charge in [0.1, 0.15) is 69.0 Å². The monoisotopic (exact) mass is 786 g/mol. The molecule has 0 atom stereocenters. The lowest BCUT2D eigenvalue weighted by Crippen LogP contribution is -2.61. The van der Waals surface area contributed by atoms with Crippen LogP contribution >= 0.6 is 0 Å². The van der Waals surface area contributed by atoms with Crippen molar-refractivity contribution >= 4 is 46.2 Å². The molecule has 0 unspecified atom stereocenters. The Bertz CT molecular complexity index is 2640. The third-order valence-electron chi connectivity index (χ3n) is 12.3. The molecule has 0 radical (unpaired) electrons. The van der Waals surface area contributed by atoms with Crippen LogP contribution in [-0.2, 0) is 12.8 Å². The highest BCUT2D eigenvalue weighted by atomic mass is 16.5. The van der Waals surface area contributed by atoms with Crippen LogP contribution in [0.4, 0.5) is 0 Å². The molecule has 4 aliphatic rings. The molecule has 0 aliphatic carbocycles. The summed E-state index contributed by atoms with van der Waals surface area (Å²) in [6.07, 6.45) is 6.79. The van der Waals surface area contributed by atoms with Crippen LogP contribution in [-0.4, -0.2) is 13.4 Å². The number of aryl methyl sites for hydroxylation is 4. The number of hydrogen-bond donors (Lipinski definition) is 0. The van der Waals surface area contributed by atoms with E-state index in [9.17, 15) is 0 Å². The highest BCUT2D eigenvalue weighted by Crippen LogP contribution is 2.43. The fourth-order valence-electron chi connectivity index (χ4n) is 9.25. The van der Waals surface area contributed by atoms with Crippen LogP contribution in [0.5, 0.6) is 69.0 Å². The summed E-state index contributed by atoms with van der Waals surface area (Å²) >= 11 is 0. The van der Waals surface area contributed by atoms with Crippen molar-refractivity contribution in [3.63, 3.8) is 0 Å². The molecule has 60 heavy (non-hydrogen) atoms. The molecular weight excluding hydrogens is 742 g/mol. The summed E-state index contributed by atoms with van der Waals surface area (Å²) in [5.41, 5.74) is 11.2. The van der Waals surface area contributed by atoms with Gasteiger partial charge >= 0.3 is 0 Å². The third kappa shape index (κ3) is 6.37. The molecule has 11 rings (SSSR count). The summed E-state index contributed by atoms with van der Waals surface area (Å²) < 4.78 is 40.2. The average molecular weight is 787 g/mol. The molecule has 0 bridgehead atoms. The molecule has 8 heteroatoms. The van der Waals surface area contributed by atoms with Gasteiger partial charge in [0.05, 0.1) is 0 Å². The Morgan fingerprint density at radius 2 is 0.767 bits per heavy atom. The first-order valence-corrected chi connectivity index (χ1v) is 21.4. The quantitative estimate of drug-likeness (QED) is 0.129. The number of ether oxygens (including phenoxy) is 6. The Morgan fingerprint density at radius 3 is 1.15 bits per heavy atom. The van der Waals surface area contributed by atoms with Gasteiger partial charge in [-0.2, -0.15) is 0 Å². The van der Waals surface area contributed by atoms with Gasteiger partial charge in [-0.15, -0.1) is 0 Å². The summed E-state index contributed by atoms with van der Waals surface area (Å²) in [7, 11) is 0. The number of hydrogen-bond acceptors (Lipinski definition) is 6. The molecule has 7 aromatic carbocycles. The van der Waals surface area contributed by atoms with Crippen LogP contribution in [0.2, 0.25) is 0 Å². The van der Waals surface area contributed by atoms with Gasteiger partial charge in [0.2, 0.25) is 0 Å². The maximum atomic E-state index is 6.90. The zero-order chi connectivity index (χ0) is 40.5. The highest BCUT2D eigenvalue weighted by Gasteiger charge is 2.45. The maximum Gasteiger partial charge on any atom is 0.260 e. The first kappa shape index (κ1) is 36.5. The van der Waals surface area contributed by atoms with Crippen LogP contribution in [0.25, 0.3) is 0 Å². The largest absolute Gasteiger partial charge is 0.458 e. The smallest absolute Gasteiger partial charge is 0.260 e. The van der Waals surface area contributed by atoms with E-state index in [4.69, 9.17) is 28.4 Å². The number of rotatable bonds is 10. The van der Waals surface area contributed by atoms with Gasteiger partial charge in [-0.1, -0.05) is 81.3 Å². The molecule has 0 saturated heterocycles. The molecule has 0 fully saturated rings.